The number of carbonyl (C=O) groups excluding carboxylic acids is 1. The molecule has 1 fully saturated rings. The summed E-state index contributed by atoms with van der Waals surface area (Å²) in [5.74, 6) is -0.197. The Morgan fingerprint density at radius 1 is 1.12 bits per heavy atom. The van der Waals surface area contributed by atoms with Crippen molar-refractivity contribution in [1.29, 1.82) is 0 Å². The summed E-state index contributed by atoms with van der Waals surface area (Å²) in [5.41, 5.74) is 4.83. The number of ether oxygens (including phenoxy) is 1. The zero-order valence-electron chi connectivity index (χ0n) is 19.4. The zero-order valence-corrected chi connectivity index (χ0v) is 20.2. The summed E-state index contributed by atoms with van der Waals surface area (Å²) in [7, 11) is -1.63. The van der Waals surface area contributed by atoms with Crippen LogP contribution in [0.5, 0.6) is 0 Å². The van der Waals surface area contributed by atoms with Crippen molar-refractivity contribution in [1.82, 2.24) is 9.62 Å². The third-order valence-electron chi connectivity index (χ3n) is 6.35. The molecule has 2 aromatic rings. The predicted molar refractivity (Wildman–Crippen MR) is 129 cm³/mol. The summed E-state index contributed by atoms with van der Waals surface area (Å²) in [4.78, 5) is 16.1. The SMILES string of the molecule is CC(=O)Nc1ccc(S(=O)(=O)NCC(c2ccc3c(c2)CCN3C)N2CCOCC2)c(C)c1. The van der Waals surface area contributed by atoms with E-state index in [0.29, 0.717) is 24.5 Å². The smallest absolute Gasteiger partial charge is 0.240 e. The number of nitrogens with one attached hydrogen (secondary N) is 2. The second-order valence-electron chi connectivity index (χ2n) is 8.74. The van der Waals surface area contributed by atoms with Gasteiger partial charge in [0, 0.05) is 57.6 Å². The topological polar surface area (TPSA) is 91.0 Å². The van der Waals surface area contributed by atoms with Gasteiger partial charge in [-0.15, -0.1) is 0 Å². The molecule has 0 bridgehead atoms. The van der Waals surface area contributed by atoms with Crippen molar-refractivity contribution >= 4 is 27.3 Å². The molecule has 9 heteroatoms. The highest BCUT2D eigenvalue weighted by Crippen LogP contribution is 2.31. The minimum Gasteiger partial charge on any atom is -0.379 e. The van der Waals surface area contributed by atoms with Gasteiger partial charge in [0.15, 0.2) is 0 Å². The van der Waals surface area contributed by atoms with Crippen LogP contribution in [0.2, 0.25) is 0 Å². The molecule has 1 saturated heterocycles. The minimum absolute atomic E-state index is 0.0844. The first-order chi connectivity index (χ1) is 15.7. The number of nitrogens with zero attached hydrogens (tertiary/aromatic N) is 2. The number of benzene rings is 2. The van der Waals surface area contributed by atoms with Crippen molar-refractivity contribution in [2.24, 2.45) is 0 Å². The van der Waals surface area contributed by atoms with Crippen molar-refractivity contribution in [3.63, 3.8) is 0 Å². The molecule has 0 radical (unpaired) electrons. The van der Waals surface area contributed by atoms with E-state index in [4.69, 9.17) is 4.74 Å². The van der Waals surface area contributed by atoms with Crippen LogP contribution in [0.3, 0.4) is 0 Å². The molecule has 1 atom stereocenters. The zero-order chi connectivity index (χ0) is 23.6. The lowest BCUT2D eigenvalue weighted by Crippen LogP contribution is -2.43. The number of sulfonamides is 1. The van der Waals surface area contributed by atoms with E-state index in [1.54, 1.807) is 19.1 Å². The Morgan fingerprint density at radius 3 is 2.58 bits per heavy atom. The van der Waals surface area contributed by atoms with Crippen molar-refractivity contribution < 1.29 is 17.9 Å². The summed E-state index contributed by atoms with van der Waals surface area (Å²) in [6.07, 6.45) is 1.00. The summed E-state index contributed by atoms with van der Waals surface area (Å²) < 4.78 is 34.7. The molecule has 1 unspecified atom stereocenters. The maximum atomic E-state index is 13.2. The maximum Gasteiger partial charge on any atom is 0.240 e. The number of morpholine rings is 1. The molecule has 2 aliphatic rings. The van der Waals surface area contributed by atoms with Gasteiger partial charge in [-0.2, -0.15) is 0 Å². The first kappa shape index (κ1) is 23.7. The van der Waals surface area contributed by atoms with Crippen LogP contribution in [0.25, 0.3) is 0 Å². The Morgan fingerprint density at radius 2 is 1.88 bits per heavy atom. The van der Waals surface area contributed by atoms with Crippen LogP contribution in [-0.4, -0.2) is 65.7 Å². The summed E-state index contributed by atoms with van der Waals surface area (Å²) >= 11 is 0. The molecule has 0 aromatic heterocycles. The normalized spacial score (nSPS) is 17.6. The van der Waals surface area contributed by atoms with Gasteiger partial charge in [-0.3, -0.25) is 9.69 Å². The third-order valence-corrected chi connectivity index (χ3v) is 7.94. The van der Waals surface area contributed by atoms with Gasteiger partial charge in [0.1, 0.15) is 0 Å². The second-order valence-corrected chi connectivity index (χ2v) is 10.5. The van der Waals surface area contributed by atoms with Gasteiger partial charge in [-0.1, -0.05) is 12.1 Å². The molecular weight excluding hydrogens is 440 g/mol. The molecule has 0 aliphatic carbocycles. The lowest BCUT2D eigenvalue weighted by molar-refractivity contribution is -0.114. The van der Waals surface area contributed by atoms with E-state index in [0.717, 1.165) is 31.6 Å². The Balaban J connectivity index is 1.56. The van der Waals surface area contributed by atoms with Gasteiger partial charge in [-0.25, -0.2) is 13.1 Å². The van der Waals surface area contributed by atoms with E-state index in [9.17, 15) is 13.2 Å². The summed E-state index contributed by atoms with van der Waals surface area (Å²) in [6, 6.07) is 11.2. The lowest BCUT2D eigenvalue weighted by Gasteiger charge is -2.35. The fraction of sp³-hybridized carbons (Fsp3) is 0.458. The first-order valence-corrected chi connectivity index (χ1v) is 12.8. The molecule has 4 rings (SSSR count). The molecule has 8 nitrogen and oxygen atoms in total. The van der Waals surface area contributed by atoms with E-state index >= 15 is 0 Å². The number of hydrogen-bond acceptors (Lipinski definition) is 6. The van der Waals surface area contributed by atoms with Crippen LogP contribution in [0.1, 0.15) is 29.7 Å². The highest BCUT2D eigenvalue weighted by molar-refractivity contribution is 7.89. The van der Waals surface area contributed by atoms with E-state index in [2.05, 4.69) is 45.1 Å². The predicted octanol–water partition coefficient (Wildman–Crippen LogP) is 2.30. The number of anilines is 2. The molecule has 2 aromatic carbocycles. The number of carbonyl (C=O) groups is 1. The Kier molecular flexibility index (Phi) is 7.04. The van der Waals surface area contributed by atoms with Crippen LogP contribution in [0, 0.1) is 6.92 Å². The average Bonchev–Trinajstić information content (AvgIpc) is 3.14. The molecule has 2 aliphatic heterocycles. The van der Waals surface area contributed by atoms with Crippen LogP contribution in [0.15, 0.2) is 41.3 Å². The van der Waals surface area contributed by atoms with Gasteiger partial charge < -0.3 is 15.0 Å². The number of aryl methyl sites for hydroxylation is 1. The Bertz CT molecular complexity index is 1130. The van der Waals surface area contributed by atoms with Crippen LogP contribution in [-0.2, 0) is 26.0 Å². The monoisotopic (exact) mass is 472 g/mol. The number of likely N-dealkylation sites (N-methyl/N-ethyl adjacent to an activating group) is 1. The van der Waals surface area contributed by atoms with Gasteiger partial charge >= 0.3 is 0 Å². The van der Waals surface area contributed by atoms with Crippen molar-refractivity contribution in [2.45, 2.75) is 31.2 Å². The van der Waals surface area contributed by atoms with E-state index < -0.39 is 10.0 Å². The quantitative estimate of drug-likeness (QED) is 0.643. The highest BCUT2D eigenvalue weighted by atomic mass is 32.2. The fourth-order valence-corrected chi connectivity index (χ4v) is 5.90. The molecule has 33 heavy (non-hydrogen) atoms. The number of amides is 1. The van der Waals surface area contributed by atoms with Gasteiger partial charge in [0.25, 0.3) is 0 Å². The fourth-order valence-electron chi connectivity index (χ4n) is 4.64. The molecule has 2 heterocycles. The van der Waals surface area contributed by atoms with Crippen molar-refractivity contribution in [3.8, 4) is 0 Å². The number of hydrogen-bond donors (Lipinski definition) is 2. The van der Waals surface area contributed by atoms with Crippen LogP contribution < -0.4 is 14.9 Å². The highest BCUT2D eigenvalue weighted by Gasteiger charge is 2.27. The first-order valence-electron chi connectivity index (χ1n) is 11.3. The standard InChI is InChI=1S/C24H32N4O4S/c1-17-14-21(26-18(2)29)5-7-24(17)33(30,31)25-16-23(28-10-12-32-13-11-28)19-4-6-22-20(15-19)8-9-27(22)3/h4-7,14-15,23,25H,8-13,16H2,1-3H3,(H,26,29). The van der Waals surface area contributed by atoms with Gasteiger partial charge in [-0.05, 0) is 54.3 Å². The largest absolute Gasteiger partial charge is 0.379 e. The van der Waals surface area contributed by atoms with E-state index in [1.165, 1.54) is 24.2 Å². The van der Waals surface area contributed by atoms with E-state index in [1.807, 2.05) is 0 Å². The number of fused-ring (bicyclic) bond motifs is 1. The third kappa shape index (κ3) is 5.38. The van der Waals surface area contributed by atoms with Gasteiger partial charge in [0.2, 0.25) is 15.9 Å². The van der Waals surface area contributed by atoms with Crippen molar-refractivity contribution in [3.05, 3.63) is 53.1 Å². The van der Waals surface area contributed by atoms with E-state index in [-0.39, 0.29) is 23.4 Å². The Labute approximate surface area is 196 Å². The second kappa shape index (κ2) is 9.80. The van der Waals surface area contributed by atoms with Gasteiger partial charge in [0.05, 0.1) is 18.1 Å². The van der Waals surface area contributed by atoms with Crippen molar-refractivity contribution in [2.75, 3.05) is 56.7 Å². The average molecular weight is 473 g/mol. The van der Waals surface area contributed by atoms with Crippen LogP contribution >= 0.6 is 0 Å². The molecule has 2 N–H and O–H groups in total. The summed E-state index contributed by atoms with van der Waals surface area (Å²) in [6.45, 7) is 7.22. The maximum absolute atomic E-state index is 13.2. The number of rotatable bonds is 7. The minimum atomic E-state index is -3.73. The molecule has 1 amide bonds. The summed E-state index contributed by atoms with van der Waals surface area (Å²) in [5, 5.41) is 2.69. The molecule has 178 valence electrons. The van der Waals surface area contributed by atoms with Crippen LogP contribution in [0.4, 0.5) is 11.4 Å². The molecule has 0 saturated carbocycles. The molecule has 0 spiro atoms. The molecular formula is C24H32N4O4S. The lowest BCUT2D eigenvalue weighted by atomic mass is 10.0. The Hall–Kier alpha value is -2.46.